The SMILES string of the molecule is Cc1cnccc1N1CCC(C)(CN)C1. The van der Waals surface area contributed by atoms with Crippen LogP contribution in [0.15, 0.2) is 18.5 Å². The van der Waals surface area contributed by atoms with E-state index in [9.17, 15) is 0 Å². The van der Waals surface area contributed by atoms with Gasteiger partial charge in [-0.1, -0.05) is 6.92 Å². The third-order valence-corrected chi connectivity index (χ3v) is 3.38. The van der Waals surface area contributed by atoms with Crippen LogP contribution < -0.4 is 10.6 Å². The number of pyridine rings is 1. The van der Waals surface area contributed by atoms with Crippen molar-refractivity contribution in [2.45, 2.75) is 20.3 Å². The number of aryl methyl sites for hydroxylation is 1. The topological polar surface area (TPSA) is 42.2 Å². The molecule has 1 atom stereocenters. The van der Waals surface area contributed by atoms with Crippen LogP contribution >= 0.6 is 0 Å². The van der Waals surface area contributed by atoms with E-state index >= 15 is 0 Å². The Bertz CT molecular complexity index is 350. The van der Waals surface area contributed by atoms with E-state index in [1.807, 2.05) is 12.4 Å². The van der Waals surface area contributed by atoms with Crippen molar-refractivity contribution in [1.29, 1.82) is 0 Å². The highest BCUT2D eigenvalue weighted by Gasteiger charge is 2.32. The van der Waals surface area contributed by atoms with E-state index in [4.69, 9.17) is 5.73 Å². The highest BCUT2D eigenvalue weighted by atomic mass is 15.2. The van der Waals surface area contributed by atoms with Crippen LogP contribution in [0.1, 0.15) is 18.9 Å². The lowest BCUT2D eigenvalue weighted by atomic mass is 9.90. The number of hydrogen-bond acceptors (Lipinski definition) is 3. The summed E-state index contributed by atoms with van der Waals surface area (Å²) in [5.74, 6) is 0. The molecule has 0 spiro atoms. The molecule has 1 saturated heterocycles. The molecule has 2 heterocycles. The molecular formula is C12H19N3. The second-order valence-corrected chi connectivity index (χ2v) is 4.85. The average molecular weight is 205 g/mol. The average Bonchev–Trinajstić information content (AvgIpc) is 2.63. The first-order valence-electron chi connectivity index (χ1n) is 5.50. The Balaban J connectivity index is 2.18. The molecule has 1 aliphatic heterocycles. The monoisotopic (exact) mass is 205 g/mol. The third kappa shape index (κ3) is 1.97. The van der Waals surface area contributed by atoms with Gasteiger partial charge in [0.25, 0.3) is 0 Å². The molecule has 3 heteroatoms. The van der Waals surface area contributed by atoms with Gasteiger partial charge in [-0.05, 0) is 36.9 Å². The van der Waals surface area contributed by atoms with Gasteiger partial charge in [0.05, 0.1) is 0 Å². The molecule has 1 fully saturated rings. The predicted molar refractivity (Wildman–Crippen MR) is 63.0 cm³/mol. The number of aromatic nitrogens is 1. The van der Waals surface area contributed by atoms with Gasteiger partial charge in [-0.15, -0.1) is 0 Å². The van der Waals surface area contributed by atoms with Crippen molar-refractivity contribution in [3.63, 3.8) is 0 Å². The van der Waals surface area contributed by atoms with Crippen molar-refractivity contribution in [3.8, 4) is 0 Å². The maximum Gasteiger partial charge on any atom is 0.0427 e. The number of rotatable bonds is 2. The zero-order chi connectivity index (χ0) is 10.9. The summed E-state index contributed by atoms with van der Waals surface area (Å²) in [6.07, 6.45) is 4.97. The summed E-state index contributed by atoms with van der Waals surface area (Å²) in [6.45, 7) is 7.32. The van der Waals surface area contributed by atoms with Crippen LogP contribution in [0.25, 0.3) is 0 Å². The van der Waals surface area contributed by atoms with Gasteiger partial charge < -0.3 is 10.6 Å². The van der Waals surface area contributed by atoms with Crippen LogP contribution in [0.2, 0.25) is 0 Å². The molecule has 0 amide bonds. The third-order valence-electron chi connectivity index (χ3n) is 3.38. The lowest BCUT2D eigenvalue weighted by molar-refractivity contribution is 0.383. The zero-order valence-electron chi connectivity index (χ0n) is 9.53. The molecule has 1 aromatic rings. The summed E-state index contributed by atoms with van der Waals surface area (Å²) in [5.41, 5.74) is 8.65. The first-order chi connectivity index (χ1) is 7.14. The highest BCUT2D eigenvalue weighted by molar-refractivity contribution is 5.52. The summed E-state index contributed by atoms with van der Waals surface area (Å²) >= 11 is 0. The lowest BCUT2D eigenvalue weighted by Crippen LogP contribution is -2.31. The van der Waals surface area contributed by atoms with Crippen molar-refractivity contribution in [2.24, 2.45) is 11.1 Å². The van der Waals surface area contributed by atoms with Crippen molar-refractivity contribution in [3.05, 3.63) is 24.0 Å². The molecule has 2 rings (SSSR count). The molecule has 0 aromatic carbocycles. The van der Waals surface area contributed by atoms with Crippen LogP contribution in [-0.4, -0.2) is 24.6 Å². The van der Waals surface area contributed by atoms with Gasteiger partial charge in [-0.25, -0.2) is 0 Å². The van der Waals surface area contributed by atoms with Crippen LogP contribution in [0, 0.1) is 12.3 Å². The molecule has 82 valence electrons. The van der Waals surface area contributed by atoms with E-state index in [0.29, 0.717) is 0 Å². The highest BCUT2D eigenvalue weighted by Crippen LogP contribution is 2.33. The first kappa shape index (κ1) is 10.4. The number of hydrogen-bond donors (Lipinski definition) is 1. The van der Waals surface area contributed by atoms with Gasteiger partial charge in [-0.2, -0.15) is 0 Å². The van der Waals surface area contributed by atoms with E-state index in [1.54, 1.807) is 0 Å². The molecular weight excluding hydrogens is 186 g/mol. The van der Waals surface area contributed by atoms with Crippen molar-refractivity contribution < 1.29 is 0 Å². The van der Waals surface area contributed by atoms with Gasteiger partial charge in [-0.3, -0.25) is 4.98 Å². The number of anilines is 1. The Morgan fingerprint density at radius 1 is 1.60 bits per heavy atom. The maximum atomic E-state index is 5.81. The zero-order valence-corrected chi connectivity index (χ0v) is 9.53. The van der Waals surface area contributed by atoms with Crippen molar-refractivity contribution in [1.82, 2.24) is 4.98 Å². The summed E-state index contributed by atoms with van der Waals surface area (Å²) < 4.78 is 0. The Labute approximate surface area is 91.3 Å². The Hall–Kier alpha value is -1.09. The van der Waals surface area contributed by atoms with Crippen LogP contribution in [-0.2, 0) is 0 Å². The van der Waals surface area contributed by atoms with Crippen LogP contribution in [0.4, 0.5) is 5.69 Å². The fourth-order valence-corrected chi connectivity index (χ4v) is 2.22. The molecule has 1 unspecified atom stereocenters. The lowest BCUT2D eigenvalue weighted by Gasteiger charge is -2.24. The fourth-order valence-electron chi connectivity index (χ4n) is 2.22. The van der Waals surface area contributed by atoms with Crippen LogP contribution in [0.5, 0.6) is 0 Å². The van der Waals surface area contributed by atoms with Crippen molar-refractivity contribution >= 4 is 5.69 Å². The van der Waals surface area contributed by atoms with E-state index < -0.39 is 0 Å². The molecule has 1 aromatic heterocycles. The molecule has 0 radical (unpaired) electrons. The molecule has 2 N–H and O–H groups in total. The largest absolute Gasteiger partial charge is 0.371 e. The predicted octanol–water partition coefficient (Wildman–Crippen LogP) is 1.57. The fraction of sp³-hybridized carbons (Fsp3) is 0.583. The van der Waals surface area contributed by atoms with Crippen molar-refractivity contribution in [2.75, 3.05) is 24.5 Å². The van der Waals surface area contributed by atoms with Gasteiger partial charge in [0.2, 0.25) is 0 Å². The summed E-state index contributed by atoms with van der Waals surface area (Å²) in [6, 6.07) is 2.09. The smallest absolute Gasteiger partial charge is 0.0427 e. The molecule has 0 bridgehead atoms. The molecule has 3 nitrogen and oxygen atoms in total. The van der Waals surface area contributed by atoms with E-state index in [1.165, 1.54) is 17.7 Å². The minimum Gasteiger partial charge on any atom is -0.371 e. The Morgan fingerprint density at radius 2 is 2.40 bits per heavy atom. The second-order valence-electron chi connectivity index (χ2n) is 4.85. The molecule has 0 saturated carbocycles. The Kier molecular flexibility index (Phi) is 2.65. The second kappa shape index (κ2) is 3.81. The molecule has 15 heavy (non-hydrogen) atoms. The normalized spacial score (nSPS) is 25.9. The van der Waals surface area contributed by atoms with Crippen LogP contribution in [0.3, 0.4) is 0 Å². The summed E-state index contributed by atoms with van der Waals surface area (Å²) in [7, 11) is 0. The summed E-state index contributed by atoms with van der Waals surface area (Å²) in [5, 5.41) is 0. The van der Waals surface area contributed by atoms with Gasteiger partial charge >= 0.3 is 0 Å². The first-order valence-corrected chi connectivity index (χ1v) is 5.50. The van der Waals surface area contributed by atoms with Gasteiger partial charge in [0, 0.05) is 31.2 Å². The van der Waals surface area contributed by atoms with E-state index in [0.717, 1.165) is 19.6 Å². The number of nitrogens with two attached hydrogens (primary N) is 1. The number of nitrogens with zero attached hydrogens (tertiary/aromatic N) is 2. The summed E-state index contributed by atoms with van der Waals surface area (Å²) in [4.78, 5) is 6.54. The molecule has 0 aliphatic carbocycles. The minimum absolute atomic E-state index is 0.287. The van der Waals surface area contributed by atoms with E-state index in [-0.39, 0.29) is 5.41 Å². The minimum atomic E-state index is 0.287. The Morgan fingerprint density at radius 3 is 3.00 bits per heavy atom. The quantitative estimate of drug-likeness (QED) is 0.796. The molecule has 1 aliphatic rings. The van der Waals surface area contributed by atoms with Gasteiger partial charge in [0.1, 0.15) is 0 Å². The van der Waals surface area contributed by atoms with Gasteiger partial charge in [0.15, 0.2) is 0 Å². The maximum absolute atomic E-state index is 5.81. The standard InChI is InChI=1S/C12H19N3/c1-10-7-14-5-3-11(10)15-6-4-12(2,8-13)9-15/h3,5,7H,4,6,8-9,13H2,1-2H3. The van der Waals surface area contributed by atoms with E-state index in [2.05, 4.69) is 29.8 Å².